The van der Waals surface area contributed by atoms with Crippen molar-refractivity contribution in [3.63, 3.8) is 0 Å². The Balaban J connectivity index is 2.12. The van der Waals surface area contributed by atoms with E-state index in [1.54, 1.807) is 7.05 Å². The Morgan fingerprint density at radius 1 is 1.47 bits per heavy atom. The number of thioether (sulfide) groups is 1. The van der Waals surface area contributed by atoms with Crippen LogP contribution in [0, 0.1) is 0 Å². The highest BCUT2D eigenvalue weighted by atomic mass is 32.2. The molecule has 5 atom stereocenters. The summed E-state index contributed by atoms with van der Waals surface area (Å²) in [6.45, 7) is -0.336. The number of hydrogen-bond acceptors (Lipinski definition) is 8. The van der Waals surface area contributed by atoms with E-state index in [0.29, 0.717) is 5.17 Å². The molecule has 98 valence electrons. The topological polar surface area (TPSA) is 94.8 Å². The second-order valence-corrected chi connectivity index (χ2v) is 4.97. The zero-order chi connectivity index (χ0) is 12.6. The molecule has 0 aromatic carbocycles. The molecule has 2 heterocycles. The van der Waals surface area contributed by atoms with Gasteiger partial charge in [0.1, 0.15) is 29.8 Å². The molecule has 0 spiro atoms. The summed E-state index contributed by atoms with van der Waals surface area (Å²) < 4.78 is 5.47. The summed E-state index contributed by atoms with van der Waals surface area (Å²) in [5.74, 6) is 0. The standard InChI is InChI=1S/C9H16N2O5S/c1-11(15-2)9-10-5-7(14)6(13)4(3-12)16-8(5)17-9/h4-8,12-14H,3H2,1-2H3/t4-,5-,6+,7-,8-/m1/s1. The van der Waals surface area contributed by atoms with Gasteiger partial charge in [-0.1, -0.05) is 11.8 Å². The number of aliphatic imine (C=N–C) groups is 1. The number of hydroxylamine groups is 2. The second kappa shape index (κ2) is 5.09. The highest BCUT2D eigenvalue weighted by molar-refractivity contribution is 8.14. The highest BCUT2D eigenvalue weighted by Crippen LogP contribution is 2.36. The first-order chi connectivity index (χ1) is 8.08. The van der Waals surface area contributed by atoms with E-state index in [1.165, 1.54) is 23.9 Å². The summed E-state index contributed by atoms with van der Waals surface area (Å²) in [4.78, 5) is 9.23. The van der Waals surface area contributed by atoms with Gasteiger partial charge in [0.2, 0.25) is 0 Å². The third-order valence-corrected chi connectivity index (χ3v) is 4.07. The molecule has 0 saturated carbocycles. The highest BCUT2D eigenvalue weighted by Gasteiger charge is 2.48. The number of rotatable bonds is 2. The van der Waals surface area contributed by atoms with E-state index in [2.05, 4.69) is 4.99 Å². The second-order valence-electron chi connectivity index (χ2n) is 3.91. The molecule has 1 fully saturated rings. The number of ether oxygens (including phenoxy) is 1. The molecule has 8 heteroatoms. The van der Waals surface area contributed by atoms with E-state index in [-0.39, 0.29) is 6.61 Å². The Morgan fingerprint density at radius 2 is 2.18 bits per heavy atom. The molecule has 1 saturated heterocycles. The van der Waals surface area contributed by atoms with Gasteiger partial charge in [-0.25, -0.2) is 5.06 Å². The number of aliphatic hydroxyl groups excluding tert-OH is 3. The first-order valence-corrected chi connectivity index (χ1v) is 6.11. The third kappa shape index (κ3) is 2.28. The van der Waals surface area contributed by atoms with Crippen molar-refractivity contribution < 1.29 is 24.9 Å². The van der Waals surface area contributed by atoms with Crippen molar-refractivity contribution in [2.24, 2.45) is 4.99 Å². The van der Waals surface area contributed by atoms with Crippen molar-refractivity contribution >= 4 is 16.9 Å². The first-order valence-electron chi connectivity index (χ1n) is 5.23. The summed E-state index contributed by atoms with van der Waals surface area (Å²) in [6.07, 6.45) is -2.94. The van der Waals surface area contributed by atoms with Crippen molar-refractivity contribution in [2.75, 3.05) is 20.8 Å². The number of fused-ring (bicyclic) bond motifs is 1. The zero-order valence-electron chi connectivity index (χ0n) is 9.55. The number of amidine groups is 1. The fourth-order valence-corrected chi connectivity index (χ4v) is 2.97. The molecule has 0 aromatic rings. The summed E-state index contributed by atoms with van der Waals surface area (Å²) in [7, 11) is 3.20. The fourth-order valence-electron chi connectivity index (χ4n) is 1.80. The van der Waals surface area contributed by atoms with Crippen molar-refractivity contribution in [2.45, 2.75) is 29.8 Å². The van der Waals surface area contributed by atoms with Crippen LogP contribution in [0.1, 0.15) is 0 Å². The molecule has 7 nitrogen and oxygen atoms in total. The van der Waals surface area contributed by atoms with Crippen molar-refractivity contribution in [3.8, 4) is 0 Å². The lowest BCUT2D eigenvalue weighted by Crippen LogP contribution is -2.55. The van der Waals surface area contributed by atoms with Crippen molar-refractivity contribution in [1.29, 1.82) is 0 Å². The zero-order valence-corrected chi connectivity index (χ0v) is 10.4. The van der Waals surface area contributed by atoms with E-state index in [9.17, 15) is 10.2 Å². The van der Waals surface area contributed by atoms with Crippen LogP contribution in [0.15, 0.2) is 4.99 Å². The quantitative estimate of drug-likeness (QED) is 0.516. The van der Waals surface area contributed by atoms with Crippen LogP contribution < -0.4 is 0 Å². The van der Waals surface area contributed by atoms with Gasteiger partial charge in [-0.2, -0.15) is 0 Å². The van der Waals surface area contributed by atoms with Gasteiger partial charge in [0.15, 0.2) is 5.17 Å². The minimum atomic E-state index is -1.13. The molecule has 0 radical (unpaired) electrons. The molecule has 0 aliphatic carbocycles. The molecule has 2 rings (SSSR count). The fraction of sp³-hybridized carbons (Fsp3) is 0.889. The molecule has 0 aromatic heterocycles. The Bertz CT molecular complexity index is 316. The summed E-state index contributed by atoms with van der Waals surface area (Å²) in [5, 5.41) is 30.7. The van der Waals surface area contributed by atoms with Gasteiger partial charge < -0.3 is 20.1 Å². The maximum atomic E-state index is 9.90. The molecule has 17 heavy (non-hydrogen) atoms. The monoisotopic (exact) mass is 264 g/mol. The van der Waals surface area contributed by atoms with Gasteiger partial charge in [0.25, 0.3) is 0 Å². The van der Waals surface area contributed by atoms with Crippen LogP contribution in [-0.4, -0.2) is 76.1 Å². The van der Waals surface area contributed by atoms with E-state index < -0.39 is 29.8 Å². The lowest BCUT2D eigenvalue weighted by Gasteiger charge is -2.37. The van der Waals surface area contributed by atoms with Crippen LogP contribution in [0.25, 0.3) is 0 Å². The average molecular weight is 264 g/mol. The minimum Gasteiger partial charge on any atom is -0.394 e. The van der Waals surface area contributed by atoms with Crippen LogP contribution in [0.2, 0.25) is 0 Å². The molecule has 0 unspecified atom stereocenters. The SMILES string of the molecule is CON(C)C1=N[C@@H]2[C@@H](O)[C@@H](O)[C@@H](CO)O[C@@H]2S1. The maximum absolute atomic E-state index is 9.90. The minimum absolute atomic E-state index is 0.336. The van der Waals surface area contributed by atoms with E-state index >= 15 is 0 Å². The van der Waals surface area contributed by atoms with Crippen molar-refractivity contribution in [1.82, 2.24) is 5.06 Å². The smallest absolute Gasteiger partial charge is 0.186 e. The van der Waals surface area contributed by atoms with E-state index in [1.807, 2.05) is 0 Å². The van der Waals surface area contributed by atoms with E-state index in [0.717, 1.165) is 0 Å². The number of nitrogens with zero attached hydrogens (tertiary/aromatic N) is 2. The molecule has 3 N–H and O–H groups in total. The Morgan fingerprint density at radius 3 is 2.76 bits per heavy atom. The Kier molecular flexibility index (Phi) is 3.91. The van der Waals surface area contributed by atoms with Crippen molar-refractivity contribution in [3.05, 3.63) is 0 Å². The van der Waals surface area contributed by atoms with Crippen LogP contribution in [-0.2, 0) is 9.57 Å². The largest absolute Gasteiger partial charge is 0.394 e. The normalized spacial score (nSPS) is 41.0. The molecular weight excluding hydrogens is 248 g/mol. The summed E-state index contributed by atoms with van der Waals surface area (Å²) >= 11 is 1.30. The molecule has 0 amide bonds. The van der Waals surface area contributed by atoms with Gasteiger partial charge in [-0.05, 0) is 0 Å². The third-order valence-electron chi connectivity index (χ3n) is 2.87. The van der Waals surface area contributed by atoms with Gasteiger partial charge in [0, 0.05) is 7.05 Å². The summed E-state index contributed by atoms with van der Waals surface area (Å²) in [5.41, 5.74) is -0.404. The predicted molar refractivity (Wildman–Crippen MR) is 61.3 cm³/mol. The molecular formula is C9H16N2O5S. The van der Waals surface area contributed by atoms with Gasteiger partial charge in [-0.3, -0.25) is 9.83 Å². The maximum Gasteiger partial charge on any atom is 0.186 e. The van der Waals surface area contributed by atoms with Gasteiger partial charge in [0.05, 0.1) is 13.7 Å². The summed E-state index contributed by atoms with van der Waals surface area (Å²) in [6, 6.07) is -0.537. The van der Waals surface area contributed by atoms with E-state index in [4.69, 9.17) is 14.7 Å². The lowest BCUT2D eigenvalue weighted by molar-refractivity contribution is -0.164. The Labute approximate surface area is 103 Å². The predicted octanol–water partition coefficient (Wildman–Crippen LogP) is -1.61. The first kappa shape index (κ1) is 13.1. The van der Waals surface area contributed by atoms with Gasteiger partial charge >= 0.3 is 0 Å². The van der Waals surface area contributed by atoms with Gasteiger partial charge in [-0.15, -0.1) is 0 Å². The molecule has 2 aliphatic heterocycles. The number of aliphatic hydroxyl groups is 3. The van der Waals surface area contributed by atoms with Crippen LogP contribution >= 0.6 is 11.8 Å². The number of hydrogen-bond donors (Lipinski definition) is 3. The molecule has 2 aliphatic rings. The Hall–Kier alpha value is -0.380. The van der Waals surface area contributed by atoms with Crippen LogP contribution in [0.4, 0.5) is 0 Å². The molecule has 0 bridgehead atoms. The van der Waals surface area contributed by atoms with Crippen LogP contribution in [0.3, 0.4) is 0 Å². The average Bonchev–Trinajstić information content (AvgIpc) is 2.76. The van der Waals surface area contributed by atoms with Crippen LogP contribution in [0.5, 0.6) is 0 Å². The lowest BCUT2D eigenvalue weighted by atomic mass is 9.99.